The Balaban J connectivity index is 1.68. The SMILES string of the molecule is CC1(C)Cc2cccc(CN3CCC(CC(=O)O)C3)c2O1. The maximum absolute atomic E-state index is 10.8. The van der Waals surface area contributed by atoms with Crippen LogP contribution in [0.15, 0.2) is 18.2 Å². The fraction of sp³-hybridized carbons (Fsp3) is 0.588. The smallest absolute Gasteiger partial charge is 0.303 e. The van der Waals surface area contributed by atoms with Crippen LogP contribution in [0.25, 0.3) is 0 Å². The number of carboxylic acid groups (broad SMARTS) is 1. The molecule has 1 atom stereocenters. The molecule has 3 rings (SSSR count). The first-order valence-corrected chi connectivity index (χ1v) is 7.67. The lowest BCUT2D eigenvalue weighted by Gasteiger charge is -2.20. The summed E-state index contributed by atoms with van der Waals surface area (Å²) in [6.45, 7) is 6.95. The largest absolute Gasteiger partial charge is 0.487 e. The lowest BCUT2D eigenvalue weighted by molar-refractivity contribution is -0.138. The zero-order valence-corrected chi connectivity index (χ0v) is 12.8. The van der Waals surface area contributed by atoms with Gasteiger partial charge in [0.1, 0.15) is 11.4 Å². The van der Waals surface area contributed by atoms with E-state index in [1.807, 2.05) is 0 Å². The van der Waals surface area contributed by atoms with Gasteiger partial charge >= 0.3 is 5.97 Å². The molecule has 0 spiro atoms. The van der Waals surface area contributed by atoms with E-state index >= 15 is 0 Å². The molecule has 1 saturated heterocycles. The van der Waals surface area contributed by atoms with Crippen molar-refractivity contribution < 1.29 is 14.6 Å². The second kappa shape index (κ2) is 5.34. The number of hydrogen-bond donors (Lipinski definition) is 1. The number of rotatable bonds is 4. The molecular weight excluding hydrogens is 266 g/mol. The van der Waals surface area contributed by atoms with E-state index in [4.69, 9.17) is 9.84 Å². The summed E-state index contributed by atoms with van der Waals surface area (Å²) in [5, 5.41) is 8.90. The average molecular weight is 289 g/mol. The van der Waals surface area contributed by atoms with Gasteiger partial charge in [0.05, 0.1) is 0 Å². The molecule has 0 radical (unpaired) electrons. The van der Waals surface area contributed by atoms with Gasteiger partial charge in [-0.25, -0.2) is 0 Å². The molecule has 2 aliphatic rings. The predicted molar refractivity (Wildman–Crippen MR) is 80.5 cm³/mol. The monoisotopic (exact) mass is 289 g/mol. The summed E-state index contributed by atoms with van der Waals surface area (Å²) < 4.78 is 6.11. The highest BCUT2D eigenvalue weighted by atomic mass is 16.5. The molecule has 0 saturated carbocycles. The molecule has 0 aromatic heterocycles. The minimum atomic E-state index is -0.687. The number of likely N-dealkylation sites (tertiary alicyclic amines) is 1. The first kappa shape index (κ1) is 14.4. The van der Waals surface area contributed by atoms with Gasteiger partial charge in [-0.1, -0.05) is 18.2 Å². The number of benzene rings is 1. The van der Waals surface area contributed by atoms with Gasteiger partial charge in [0.2, 0.25) is 0 Å². The standard InChI is InChI=1S/C17H23NO3/c1-17(2)9-13-4-3-5-14(16(13)21-17)11-18-7-6-12(10-18)8-15(19)20/h3-5,12H,6-11H2,1-2H3,(H,19,20). The van der Waals surface area contributed by atoms with Crippen molar-refractivity contribution in [1.82, 2.24) is 4.90 Å². The van der Waals surface area contributed by atoms with Crippen LogP contribution in [0.2, 0.25) is 0 Å². The minimum Gasteiger partial charge on any atom is -0.487 e. The van der Waals surface area contributed by atoms with E-state index < -0.39 is 5.97 Å². The molecule has 0 aliphatic carbocycles. The Kier molecular flexibility index (Phi) is 3.66. The lowest BCUT2D eigenvalue weighted by atomic mass is 10.0. The number of carbonyl (C=O) groups is 1. The summed E-state index contributed by atoms with van der Waals surface area (Å²) >= 11 is 0. The highest BCUT2D eigenvalue weighted by molar-refractivity contribution is 5.67. The predicted octanol–water partition coefficient (Wildman–Crippen LogP) is 2.70. The zero-order valence-electron chi connectivity index (χ0n) is 12.8. The lowest BCUT2D eigenvalue weighted by Crippen LogP contribution is -2.25. The Bertz CT molecular complexity index is 553. The molecule has 2 aliphatic heterocycles. The van der Waals surface area contributed by atoms with Gasteiger partial charge in [0, 0.05) is 31.5 Å². The third-order valence-electron chi connectivity index (χ3n) is 4.40. The molecule has 1 aromatic carbocycles. The van der Waals surface area contributed by atoms with E-state index in [1.165, 1.54) is 11.1 Å². The van der Waals surface area contributed by atoms with Crippen LogP contribution >= 0.6 is 0 Å². The van der Waals surface area contributed by atoms with E-state index in [9.17, 15) is 4.79 Å². The zero-order chi connectivity index (χ0) is 15.0. The van der Waals surface area contributed by atoms with Crippen LogP contribution in [-0.2, 0) is 17.8 Å². The van der Waals surface area contributed by atoms with Gasteiger partial charge in [-0.3, -0.25) is 9.69 Å². The first-order chi connectivity index (χ1) is 9.93. The Morgan fingerprint density at radius 3 is 3.05 bits per heavy atom. The van der Waals surface area contributed by atoms with Gasteiger partial charge in [-0.05, 0) is 38.3 Å². The van der Waals surface area contributed by atoms with E-state index in [0.29, 0.717) is 0 Å². The number of para-hydroxylation sites is 1. The van der Waals surface area contributed by atoms with Crippen molar-refractivity contribution in [3.63, 3.8) is 0 Å². The molecule has 114 valence electrons. The van der Waals surface area contributed by atoms with Gasteiger partial charge < -0.3 is 9.84 Å². The van der Waals surface area contributed by atoms with Crippen LogP contribution in [0.4, 0.5) is 0 Å². The maximum Gasteiger partial charge on any atom is 0.303 e. The van der Waals surface area contributed by atoms with Crippen LogP contribution in [-0.4, -0.2) is 34.7 Å². The summed E-state index contributed by atoms with van der Waals surface area (Å²) in [7, 11) is 0. The Labute approximate surface area is 125 Å². The molecule has 2 heterocycles. The third kappa shape index (κ3) is 3.21. The fourth-order valence-electron chi connectivity index (χ4n) is 3.51. The van der Waals surface area contributed by atoms with Crippen molar-refractivity contribution in [1.29, 1.82) is 0 Å². The summed E-state index contributed by atoms with van der Waals surface area (Å²) in [6.07, 6.45) is 2.22. The summed E-state index contributed by atoms with van der Waals surface area (Å²) in [4.78, 5) is 13.2. The van der Waals surface area contributed by atoms with E-state index in [2.05, 4.69) is 36.9 Å². The fourth-order valence-corrected chi connectivity index (χ4v) is 3.51. The van der Waals surface area contributed by atoms with Gasteiger partial charge in [-0.2, -0.15) is 0 Å². The molecule has 4 nitrogen and oxygen atoms in total. The van der Waals surface area contributed by atoms with Crippen molar-refractivity contribution in [2.45, 2.75) is 45.3 Å². The van der Waals surface area contributed by atoms with Crippen molar-refractivity contribution in [3.8, 4) is 5.75 Å². The number of carboxylic acids is 1. The highest BCUT2D eigenvalue weighted by Gasteiger charge is 2.32. The molecular formula is C17H23NO3. The van der Waals surface area contributed by atoms with Gasteiger partial charge in [0.25, 0.3) is 0 Å². The molecule has 21 heavy (non-hydrogen) atoms. The molecule has 1 unspecified atom stereocenters. The number of ether oxygens (including phenoxy) is 1. The molecule has 1 fully saturated rings. The molecule has 0 amide bonds. The van der Waals surface area contributed by atoms with Crippen LogP contribution in [0, 0.1) is 5.92 Å². The minimum absolute atomic E-state index is 0.116. The Hall–Kier alpha value is -1.55. The molecule has 4 heteroatoms. The maximum atomic E-state index is 10.8. The Morgan fingerprint density at radius 1 is 1.48 bits per heavy atom. The van der Waals surface area contributed by atoms with E-state index in [1.54, 1.807) is 0 Å². The van der Waals surface area contributed by atoms with Gasteiger partial charge in [-0.15, -0.1) is 0 Å². The van der Waals surface area contributed by atoms with Crippen molar-refractivity contribution in [2.24, 2.45) is 5.92 Å². The molecule has 1 N–H and O–H groups in total. The Morgan fingerprint density at radius 2 is 2.29 bits per heavy atom. The highest BCUT2D eigenvalue weighted by Crippen LogP contribution is 2.38. The summed E-state index contributed by atoms with van der Waals surface area (Å²) in [5.74, 6) is 0.647. The number of nitrogens with zero attached hydrogens (tertiary/aromatic N) is 1. The summed E-state index contributed by atoms with van der Waals surface area (Å²) in [6, 6.07) is 6.37. The first-order valence-electron chi connectivity index (χ1n) is 7.67. The van der Waals surface area contributed by atoms with Crippen molar-refractivity contribution >= 4 is 5.97 Å². The summed E-state index contributed by atoms with van der Waals surface area (Å²) in [5.41, 5.74) is 2.41. The van der Waals surface area contributed by atoms with Crippen molar-refractivity contribution in [3.05, 3.63) is 29.3 Å². The second-order valence-electron chi connectivity index (χ2n) is 6.93. The topological polar surface area (TPSA) is 49.8 Å². The van der Waals surface area contributed by atoms with E-state index in [-0.39, 0.29) is 17.9 Å². The quantitative estimate of drug-likeness (QED) is 0.926. The molecule has 1 aromatic rings. The number of aliphatic carboxylic acids is 1. The van der Waals surface area contributed by atoms with Crippen LogP contribution in [0.5, 0.6) is 5.75 Å². The average Bonchev–Trinajstić information content (AvgIpc) is 2.92. The van der Waals surface area contributed by atoms with Crippen LogP contribution < -0.4 is 4.74 Å². The van der Waals surface area contributed by atoms with Crippen LogP contribution in [0.3, 0.4) is 0 Å². The van der Waals surface area contributed by atoms with Crippen LogP contribution in [0.1, 0.15) is 37.8 Å². The van der Waals surface area contributed by atoms with Crippen molar-refractivity contribution in [2.75, 3.05) is 13.1 Å². The number of hydrogen-bond acceptors (Lipinski definition) is 3. The second-order valence-corrected chi connectivity index (χ2v) is 6.93. The van der Waals surface area contributed by atoms with Gasteiger partial charge in [0.15, 0.2) is 0 Å². The van der Waals surface area contributed by atoms with E-state index in [0.717, 1.165) is 38.2 Å². The molecule has 0 bridgehead atoms. The third-order valence-corrected chi connectivity index (χ3v) is 4.40. The normalized spacial score (nSPS) is 23.8. The number of fused-ring (bicyclic) bond motifs is 1.